The van der Waals surface area contributed by atoms with E-state index < -0.39 is 5.56 Å². The third-order valence-electron chi connectivity index (χ3n) is 4.82. The molecule has 2 aromatic heterocycles. The van der Waals surface area contributed by atoms with E-state index in [0.29, 0.717) is 16.1 Å². The Bertz CT molecular complexity index is 1300. The van der Waals surface area contributed by atoms with Crippen LogP contribution in [0.15, 0.2) is 59.5 Å². The molecule has 0 atom stereocenters. The minimum Gasteiger partial charge on any atom is -0.350 e. The van der Waals surface area contributed by atoms with E-state index in [-0.39, 0.29) is 11.3 Å². The summed E-state index contributed by atoms with van der Waals surface area (Å²) in [7, 11) is 1.96. The number of aryl methyl sites for hydroxylation is 2. The molecule has 4 rings (SSSR count). The Balaban J connectivity index is 1.79. The molecule has 0 aliphatic heterocycles. The number of H-pyrrole nitrogens is 1. The fourth-order valence-corrected chi connectivity index (χ4v) is 3.65. The van der Waals surface area contributed by atoms with Crippen molar-refractivity contribution in [1.29, 1.82) is 0 Å². The number of halogens is 1. The fourth-order valence-electron chi connectivity index (χ4n) is 3.48. The van der Waals surface area contributed by atoms with Crippen molar-refractivity contribution in [2.45, 2.75) is 6.92 Å². The number of benzene rings is 2. The highest BCUT2D eigenvalue weighted by atomic mass is 35.5. The summed E-state index contributed by atoms with van der Waals surface area (Å²) in [5.74, 6) is -0.330. The second-order valence-electron chi connectivity index (χ2n) is 6.55. The molecule has 0 amide bonds. The lowest BCUT2D eigenvalue weighted by Gasteiger charge is -2.07. The SMILES string of the molecule is Cc1c(C(=O)C=Cc2cn(C)c3ccccc23)c(=O)[nH]c2ccc(Cl)cc12. The molecule has 0 unspecified atom stereocenters. The number of hydrogen-bond acceptors (Lipinski definition) is 2. The summed E-state index contributed by atoms with van der Waals surface area (Å²) in [5, 5.41) is 2.38. The van der Waals surface area contributed by atoms with Gasteiger partial charge in [-0.15, -0.1) is 0 Å². The molecule has 0 fully saturated rings. The predicted octanol–water partition coefficient (Wildman–Crippen LogP) is 4.88. The van der Waals surface area contributed by atoms with Crippen molar-refractivity contribution in [2.75, 3.05) is 0 Å². The van der Waals surface area contributed by atoms with Crippen molar-refractivity contribution in [3.8, 4) is 0 Å². The van der Waals surface area contributed by atoms with Crippen LogP contribution in [0.5, 0.6) is 0 Å². The van der Waals surface area contributed by atoms with Crippen LogP contribution >= 0.6 is 11.6 Å². The molecule has 0 saturated heterocycles. The maximum Gasteiger partial charge on any atom is 0.259 e. The highest BCUT2D eigenvalue weighted by Gasteiger charge is 2.15. The van der Waals surface area contributed by atoms with Gasteiger partial charge in [-0.25, -0.2) is 0 Å². The molecule has 2 heterocycles. The van der Waals surface area contributed by atoms with E-state index in [1.807, 2.05) is 42.1 Å². The number of carbonyl (C=O) groups excluding carboxylic acids is 1. The molecular weight excluding hydrogens is 360 g/mol. The molecule has 134 valence electrons. The van der Waals surface area contributed by atoms with Gasteiger partial charge in [0.25, 0.3) is 5.56 Å². The highest BCUT2D eigenvalue weighted by molar-refractivity contribution is 6.31. The van der Waals surface area contributed by atoms with Crippen molar-refractivity contribution >= 4 is 45.3 Å². The molecule has 2 aromatic carbocycles. The minimum absolute atomic E-state index is 0.140. The van der Waals surface area contributed by atoms with Crippen LogP contribution in [0.3, 0.4) is 0 Å². The number of nitrogens with zero attached hydrogens (tertiary/aromatic N) is 1. The van der Waals surface area contributed by atoms with Crippen LogP contribution in [-0.2, 0) is 7.05 Å². The number of ketones is 1. The zero-order chi connectivity index (χ0) is 19.1. The van der Waals surface area contributed by atoms with Crippen LogP contribution < -0.4 is 5.56 Å². The Kier molecular flexibility index (Phi) is 4.21. The van der Waals surface area contributed by atoms with Crippen LogP contribution in [0.25, 0.3) is 27.9 Å². The van der Waals surface area contributed by atoms with Crippen LogP contribution in [0.4, 0.5) is 0 Å². The third-order valence-corrected chi connectivity index (χ3v) is 5.06. The van der Waals surface area contributed by atoms with Gasteiger partial charge in [0, 0.05) is 45.6 Å². The summed E-state index contributed by atoms with van der Waals surface area (Å²) < 4.78 is 2.01. The summed E-state index contributed by atoms with van der Waals surface area (Å²) in [6.07, 6.45) is 5.17. The number of fused-ring (bicyclic) bond motifs is 2. The smallest absolute Gasteiger partial charge is 0.259 e. The zero-order valence-electron chi connectivity index (χ0n) is 14.9. The molecule has 0 aliphatic rings. The van der Waals surface area contributed by atoms with Gasteiger partial charge >= 0.3 is 0 Å². The lowest BCUT2D eigenvalue weighted by atomic mass is 10.0. The van der Waals surface area contributed by atoms with Crippen molar-refractivity contribution < 1.29 is 4.79 Å². The minimum atomic E-state index is -0.394. The molecule has 27 heavy (non-hydrogen) atoms. The number of rotatable bonds is 3. The number of pyridine rings is 1. The average Bonchev–Trinajstić information content (AvgIpc) is 2.97. The van der Waals surface area contributed by atoms with Crippen molar-refractivity contribution in [2.24, 2.45) is 7.05 Å². The van der Waals surface area contributed by atoms with Gasteiger partial charge in [-0.2, -0.15) is 0 Å². The lowest BCUT2D eigenvalue weighted by molar-refractivity contribution is 0.104. The van der Waals surface area contributed by atoms with Gasteiger partial charge in [-0.05, 0) is 48.9 Å². The number of para-hydroxylation sites is 1. The monoisotopic (exact) mass is 376 g/mol. The number of carbonyl (C=O) groups is 1. The average molecular weight is 377 g/mol. The second kappa shape index (κ2) is 6.56. The Morgan fingerprint density at radius 2 is 1.93 bits per heavy atom. The van der Waals surface area contributed by atoms with E-state index >= 15 is 0 Å². The highest BCUT2D eigenvalue weighted by Crippen LogP contribution is 2.24. The second-order valence-corrected chi connectivity index (χ2v) is 6.99. The fraction of sp³-hybridized carbons (Fsp3) is 0.0909. The van der Waals surface area contributed by atoms with Gasteiger partial charge in [0.15, 0.2) is 5.78 Å². The maximum atomic E-state index is 12.8. The van der Waals surface area contributed by atoms with Crippen LogP contribution in [0.2, 0.25) is 5.02 Å². The molecule has 0 saturated carbocycles. The molecule has 0 aliphatic carbocycles. The van der Waals surface area contributed by atoms with Crippen LogP contribution in [-0.4, -0.2) is 15.3 Å². The van der Waals surface area contributed by atoms with E-state index in [1.165, 1.54) is 6.08 Å². The Morgan fingerprint density at radius 1 is 1.15 bits per heavy atom. The molecule has 0 bridgehead atoms. The van der Waals surface area contributed by atoms with Crippen molar-refractivity contribution in [3.05, 3.63) is 86.8 Å². The van der Waals surface area contributed by atoms with Gasteiger partial charge in [0.05, 0.1) is 5.56 Å². The molecule has 4 nitrogen and oxygen atoms in total. The zero-order valence-corrected chi connectivity index (χ0v) is 15.7. The number of aromatic amines is 1. The van der Waals surface area contributed by atoms with Gasteiger partial charge in [-0.3, -0.25) is 9.59 Å². The lowest BCUT2D eigenvalue weighted by Crippen LogP contribution is -2.18. The Labute approximate surface area is 160 Å². The predicted molar refractivity (Wildman–Crippen MR) is 111 cm³/mol. The molecular formula is C22H17ClN2O2. The van der Waals surface area contributed by atoms with Crippen LogP contribution in [0.1, 0.15) is 21.5 Å². The largest absolute Gasteiger partial charge is 0.350 e. The van der Waals surface area contributed by atoms with Gasteiger partial charge in [0.2, 0.25) is 0 Å². The van der Waals surface area contributed by atoms with E-state index in [2.05, 4.69) is 4.98 Å². The summed E-state index contributed by atoms with van der Waals surface area (Å²) in [6, 6.07) is 13.2. The summed E-state index contributed by atoms with van der Waals surface area (Å²) in [4.78, 5) is 28.0. The first-order valence-electron chi connectivity index (χ1n) is 8.54. The van der Waals surface area contributed by atoms with Gasteiger partial charge < -0.3 is 9.55 Å². The first kappa shape index (κ1) is 17.3. The van der Waals surface area contributed by atoms with E-state index in [0.717, 1.165) is 21.9 Å². The molecule has 1 N–H and O–H groups in total. The first-order chi connectivity index (χ1) is 13.0. The van der Waals surface area contributed by atoms with Crippen molar-refractivity contribution in [3.63, 3.8) is 0 Å². The summed E-state index contributed by atoms with van der Waals surface area (Å²) in [6.45, 7) is 1.77. The van der Waals surface area contributed by atoms with Crippen molar-refractivity contribution in [1.82, 2.24) is 9.55 Å². The molecule has 5 heteroatoms. The number of hydrogen-bond donors (Lipinski definition) is 1. The van der Waals surface area contributed by atoms with E-state index in [4.69, 9.17) is 11.6 Å². The maximum absolute atomic E-state index is 12.8. The standard InChI is InChI=1S/C22H17ClN2O2/c1-13-17-11-15(23)8-9-18(17)24-22(27)21(13)20(26)10-7-14-12-25(2)19-6-4-3-5-16(14)19/h3-12H,1-2H3,(H,24,27). The van der Waals surface area contributed by atoms with E-state index in [1.54, 1.807) is 31.2 Å². The quantitative estimate of drug-likeness (QED) is 0.409. The third kappa shape index (κ3) is 2.98. The first-order valence-corrected chi connectivity index (χ1v) is 8.92. The Hall–Kier alpha value is -3.11. The topological polar surface area (TPSA) is 54.9 Å². The molecule has 4 aromatic rings. The summed E-state index contributed by atoms with van der Waals surface area (Å²) in [5.41, 5.74) is 3.05. The van der Waals surface area contributed by atoms with E-state index in [9.17, 15) is 9.59 Å². The van der Waals surface area contributed by atoms with Gasteiger partial charge in [0.1, 0.15) is 0 Å². The number of allylic oxidation sites excluding steroid dienone is 1. The Morgan fingerprint density at radius 3 is 2.74 bits per heavy atom. The van der Waals surface area contributed by atoms with Crippen LogP contribution in [0, 0.1) is 6.92 Å². The molecule has 0 spiro atoms. The van der Waals surface area contributed by atoms with Gasteiger partial charge in [-0.1, -0.05) is 29.8 Å². The number of nitrogens with one attached hydrogen (secondary N) is 1. The summed E-state index contributed by atoms with van der Waals surface area (Å²) >= 11 is 6.07. The normalized spacial score (nSPS) is 11.7. The number of aromatic nitrogens is 2. The molecule has 0 radical (unpaired) electrons.